The Hall–Kier alpha value is -2.45. The first-order chi connectivity index (χ1) is 14.4. The second-order valence-electron chi connectivity index (χ2n) is 8.06. The predicted molar refractivity (Wildman–Crippen MR) is 122 cm³/mol. The third-order valence-corrected chi connectivity index (χ3v) is 6.77. The Morgan fingerprint density at radius 3 is 2.47 bits per heavy atom. The standard InChI is InChI=1S/C22H25N5OS2/c1-6-27-18(15-9-11-16(12-10-15)22(3,4)5)23-26-21(27)30-14(2)19-24-25-20(28-19)17-8-7-13-29-17/h7-14H,6H2,1-5H3. The number of hydrogen-bond acceptors (Lipinski definition) is 7. The van der Waals surface area contributed by atoms with Crippen LogP contribution < -0.4 is 0 Å². The zero-order chi connectivity index (χ0) is 21.3. The summed E-state index contributed by atoms with van der Waals surface area (Å²) < 4.78 is 8.01. The summed E-state index contributed by atoms with van der Waals surface area (Å²) in [6.07, 6.45) is 0. The van der Waals surface area contributed by atoms with E-state index in [2.05, 4.69) is 76.9 Å². The minimum absolute atomic E-state index is 0.0307. The van der Waals surface area contributed by atoms with Gasteiger partial charge in [-0.15, -0.1) is 31.7 Å². The molecule has 3 aromatic heterocycles. The molecule has 0 spiro atoms. The lowest BCUT2D eigenvalue weighted by Gasteiger charge is -2.19. The Morgan fingerprint density at radius 2 is 1.83 bits per heavy atom. The number of nitrogens with zero attached hydrogens (tertiary/aromatic N) is 5. The van der Waals surface area contributed by atoms with E-state index in [-0.39, 0.29) is 10.7 Å². The van der Waals surface area contributed by atoms with Gasteiger partial charge in [0.25, 0.3) is 5.89 Å². The van der Waals surface area contributed by atoms with Gasteiger partial charge >= 0.3 is 0 Å². The molecule has 0 saturated heterocycles. The van der Waals surface area contributed by atoms with Crippen molar-refractivity contribution < 1.29 is 4.42 Å². The number of aromatic nitrogens is 5. The van der Waals surface area contributed by atoms with E-state index >= 15 is 0 Å². The van der Waals surface area contributed by atoms with Gasteiger partial charge in [0.1, 0.15) is 0 Å². The third-order valence-electron chi connectivity index (χ3n) is 4.84. The summed E-state index contributed by atoms with van der Waals surface area (Å²) in [5.41, 5.74) is 2.49. The number of thiophene rings is 1. The van der Waals surface area contributed by atoms with E-state index in [1.54, 1.807) is 23.1 Å². The summed E-state index contributed by atoms with van der Waals surface area (Å²) in [6, 6.07) is 12.5. The van der Waals surface area contributed by atoms with Crippen LogP contribution in [0.25, 0.3) is 22.2 Å². The summed E-state index contributed by atoms with van der Waals surface area (Å²) in [5, 5.41) is 20.1. The molecule has 0 N–H and O–H groups in total. The van der Waals surface area contributed by atoms with E-state index in [4.69, 9.17) is 4.42 Å². The molecule has 0 bridgehead atoms. The molecule has 4 rings (SSSR count). The highest BCUT2D eigenvalue weighted by atomic mass is 32.2. The fourth-order valence-electron chi connectivity index (χ4n) is 3.10. The monoisotopic (exact) mass is 439 g/mol. The van der Waals surface area contributed by atoms with E-state index in [9.17, 15) is 0 Å². The van der Waals surface area contributed by atoms with Crippen molar-refractivity contribution in [2.75, 3.05) is 0 Å². The normalized spacial score (nSPS) is 13.0. The van der Waals surface area contributed by atoms with Gasteiger partial charge in [-0.05, 0) is 36.3 Å². The number of hydrogen-bond donors (Lipinski definition) is 0. The third kappa shape index (κ3) is 4.20. The van der Waals surface area contributed by atoms with Crippen molar-refractivity contribution in [2.45, 2.75) is 57.0 Å². The van der Waals surface area contributed by atoms with Gasteiger partial charge < -0.3 is 8.98 Å². The molecular weight excluding hydrogens is 414 g/mol. The first-order valence-electron chi connectivity index (χ1n) is 9.95. The van der Waals surface area contributed by atoms with Crippen LogP contribution in [0.15, 0.2) is 51.4 Å². The van der Waals surface area contributed by atoms with Crippen molar-refractivity contribution in [3.8, 4) is 22.2 Å². The van der Waals surface area contributed by atoms with Gasteiger partial charge in [-0.3, -0.25) is 0 Å². The fraction of sp³-hybridized carbons (Fsp3) is 0.364. The van der Waals surface area contributed by atoms with Gasteiger partial charge in [-0.25, -0.2) is 0 Å². The molecule has 0 fully saturated rings. The Bertz CT molecular complexity index is 1110. The van der Waals surface area contributed by atoms with Crippen LogP contribution in [0.5, 0.6) is 0 Å². The highest BCUT2D eigenvalue weighted by molar-refractivity contribution is 7.99. The molecular formula is C22H25N5OS2. The second-order valence-corrected chi connectivity index (χ2v) is 10.3. The Balaban J connectivity index is 1.55. The van der Waals surface area contributed by atoms with Crippen LogP contribution in [0.4, 0.5) is 0 Å². The maximum atomic E-state index is 5.88. The molecule has 0 aliphatic rings. The fourth-order valence-corrected chi connectivity index (χ4v) is 4.69. The van der Waals surface area contributed by atoms with Crippen LogP contribution in [-0.2, 0) is 12.0 Å². The van der Waals surface area contributed by atoms with E-state index in [1.165, 1.54) is 5.56 Å². The van der Waals surface area contributed by atoms with Crippen LogP contribution in [0.2, 0.25) is 0 Å². The minimum Gasteiger partial charge on any atom is -0.419 e. The SMILES string of the molecule is CCn1c(SC(C)c2nnc(-c3cccs3)o2)nnc1-c1ccc(C(C)(C)C)cc1. The maximum Gasteiger partial charge on any atom is 0.257 e. The van der Waals surface area contributed by atoms with Crippen molar-refractivity contribution in [2.24, 2.45) is 0 Å². The van der Waals surface area contributed by atoms with E-state index in [0.29, 0.717) is 11.8 Å². The van der Waals surface area contributed by atoms with Crippen molar-refractivity contribution >= 4 is 23.1 Å². The van der Waals surface area contributed by atoms with E-state index in [0.717, 1.165) is 28.0 Å². The molecule has 4 aromatic rings. The topological polar surface area (TPSA) is 69.6 Å². The van der Waals surface area contributed by atoms with Crippen LogP contribution in [0.3, 0.4) is 0 Å². The molecule has 0 aliphatic carbocycles. The van der Waals surface area contributed by atoms with Crippen molar-refractivity contribution in [3.05, 3.63) is 53.2 Å². The van der Waals surface area contributed by atoms with E-state index < -0.39 is 0 Å². The molecule has 156 valence electrons. The van der Waals surface area contributed by atoms with Gasteiger partial charge in [0.15, 0.2) is 11.0 Å². The molecule has 8 heteroatoms. The van der Waals surface area contributed by atoms with Crippen LogP contribution >= 0.6 is 23.1 Å². The predicted octanol–water partition coefficient (Wildman–Crippen LogP) is 6.23. The van der Waals surface area contributed by atoms with Gasteiger partial charge in [-0.2, -0.15) is 0 Å². The van der Waals surface area contributed by atoms with Crippen molar-refractivity contribution in [1.29, 1.82) is 0 Å². The van der Waals surface area contributed by atoms with Crippen molar-refractivity contribution in [1.82, 2.24) is 25.0 Å². The zero-order valence-electron chi connectivity index (χ0n) is 17.8. The summed E-state index contributed by atoms with van der Waals surface area (Å²) >= 11 is 3.16. The van der Waals surface area contributed by atoms with E-state index in [1.807, 2.05) is 24.4 Å². The molecule has 6 nitrogen and oxygen atoms in total. The molecule has 0 radical (unpaired) electrons. The lowest BCUT2D eigenvalue weighted by molar-refractivity contribution is 0.509. The van der Waals surface area contributed by atoms with Crippen LogP contribution in [0, 0.1) is 0 Å². The van der Waals surface area contributed by atoms with Gasteiger partial charge in [-0.1, -0.05) is 62.9 Å². The summed E-state index contributed by atoms with van der Waals surface area (Å²) in [4.78, 5) is 0.976. The molecule has 1 atom stereocenters. The Kier molecular flexibility index (Phi) is 5.79. The summed E-state index contributed by atoms with van der Waals surface area (Å²) in [6.45, 7) is 11.6. The number of benzene rings is 1. The first-order valence-corrected chi connectivity index (χ1v) is 11.7. The highest BCUT2D eigenvalue weighted by Gasteiger charge is 2.22. The molecule has 1 unspecified atom stereocenters. The van der Waals surface area contributed by atoms with Gasteiger partial charge in [0, 0.05) is 12.1 Å². The van der Waals surface area contributed by atoms with Crippen molar-refractivity contribution in [3.63, 3.8) is 0 Å². The molecule has 1 aromatic carbocycles. The van der Waals surface area contributed by atoms with Crippen LogP contribution in [-0.4, -0.2) is 25.0 Å². The molecule has 0 amide bonds. The molecule has 3 heterocycles. The average molecular weight is 440 g/mol. The molecule has 30 heavy (non-hydrogen) atoms. The Labute approximate surface area is 184 Å². The first kappa shape index (κ1) is 20.8. The molecule has 0 aliphatic heterocycles. The Morgan fingerprint density at radius 1 is 1.07 bits per heavy atom. The largest absolute Gasteiger partial charge is 0.419 e. The smallest absolute Gasteiger partial charge is 0.257 e. The second kappa shape index (κ2) is 8.35. The minimum atomic E-state index is -0.0307. The summed E-state index contributed by atoms with van der Waals surface area (Å²) in [7, 11) is 0. The lowest BCUT2D eigenvalue weighted by atomic mass is 9.87. The zero-order valence-corrected chi connectivity index (χ0v) is 19.4. The van der Waals surface area contributed by atoms with Crippen LogP contribution in [0.1, 0.15) is 51.3 Å². The van der Waals surface area contributed by atoms with Gasteiger partial charge in [0.05, 0.1) is 10.1 Å². The highest BCUT2D eigenvalue weighted by Crippen LogP contribution is 2.36. The molecule has 0 saturated carbocycles. The number of rotatable bonds is 6. The maximum absolute atomic E-state index is 5.88. The van der Waals surface area contributed by atoms with Gasteiger partial charge in [0.2, 0.25) is 5.89 Å². The average Bonchev–Trinajstić information content (AvgIpc) is 3.47. The lowest BCUT2D eigenvalue weighted by Crippen LogP contribution is -2.10. The summed E-state index contributed by atoms with van der Waals surface area (Å²) in [5.74, 6) is 2.02. The quantitative estimate of drug-likeness (QED) is 0.332. The number of thioether (sulfide) groups is 1.